The number of carbonyl (C=O) groups excluding carboxylic acids is 3. The molecule has 1 amide bonds. The zero-order valence-electron chi connectivity index (χ0n) is 13.9. The number of rotatable bonds is 9. The van der Waals surface area contributed by atoms with Gasteiger partial charge in [0, 0.05) is 13.0 Å². The van der Waals surface area contributed by atoms with Gasteiger partial charge in [0.05, 0.1) is 26.9 Å². The molecular formula is C16H21NO7. The van der Waals surface area contributed by atoms with Crippen LogP contribution in [0.1, 0.15) is 23.2 Å². The average Bonchev–Trinajstić information content (AvgIpc) is 2.62. The van der Waals surface area contributed by atoms with Gasteiger partial charge in [0.15, 0.2) is 18.1 Å². The fraction of sp³-hybridized carbons (Fsp3) is 0.438. The average molecular weight is 339 g/mol. The van der Waals surface area contributed by atoms with Crippen molar-refractivity contribution in [3.05, 3.63) is 23.8 Å². The molecule has 24 heavy (non-hydrogen) atoms. The molecule has 0 heterocycles. The lowest BCUT2D eigenvalue weighted by molar-refractivity contribution is -0.140. The van der Waals surface area contributed by atoms with Gasteiger partial charge in [-0.05, 0) is 24.6 Å². The Labute approximate surface area is 140 Å². The van der Waals surface area contributed by atoms with Crippen molar-refractivity contribution in [1.82, 2.24) is 5.32 Å². The summed E-state index contributed by atoms with van der Waals surface area (Å²) in [6.07, 6.45) is 0.718. The van der Waals surface area contributed by atoms with Crippen molar-refractivity contribution in [3.8, 4) is 11.5 Å². The zero-order chi connectivity index (χ0) is 17.9. The lowest BCUT2D eigenvalue weighted by Crippen LogP contribution is -2.30. The van der Waals surface area contributed by atoms with E-state index in [1.54, 1.807) is 0 Å². The second-order valence-electron chi connectivity index (χ2n) is 4.68. The molecular weight excluding hydrogens is 318 g/mol. The van der Waals surface area contributed by atoms with E-state index in [-0.39, 0.29) is 24.9 Å². The fourth-order valence-electron chi connectivity index (χ4n) is 1.79. The number of ether oxygens (including phenoxy) is 4. The number of hydrogen-bond acceptors (Lipinski definition) is 7. The third kappa shape index (κ3) is 6.15. The summed E-state index contributed by atoms with van der Waals surface area (Å²) in [5.41, 5.74) is 0.314. The zero-order valence-corrected chi connectivity index (χ0v) is 13.9. The first-order valence-corrected chi connectivity index (χ1v) is 7.24. The van der Waals surface area contributed by atoms with Gasteiger partial charge in [-0.25, -0.2) is 4.79 Å². The van der Waals surface area contributed by atoms with Crippen molar-refractivity contribution < 1.29 is 33.3 Å². The maximum atomic E-state index is 11.7. The minimum Gasteiger partial charge on any atom is -0.493 e. The Morgan fingerprint density at radius 2 is 1.79 bits per heavy atom. The molecule has 1 rings (SSSR count). The minimum absolute atomic E-state index is 0.216. The van der Waals surface area contributed by atoms with Gasteiger partial charge < -0.3 is 24.3 Å². The predicted molar refractivity (Wildman–Crippen MR) is 84.1 cm³/mol. The Hall–Kier alpha value is -2.77. The van der Waals surface area contributed by atoms with Crippen LogP contribution in [0.3, 0.4) is 0 Å². The minimum atomic E-state index is -0.497. The van der Waals surface area contributed by atoms with E-state index in [4.69, 9.17) is 9.47 Å². The molecule has 1 aromatic carbocycles. The molecule has 1 N–H and O–H groups in total. The van der Waals surface area contributed by atoms with E-state index in [1.807, 2.05) is 0 Å². The van der Waals surface area contributed by atoms with Crippen LogP contribution in [-0.2, 0) is 19.1 Å². The van der Waals surface area contributed by atoms with Crippen LogP contribution in [0.25, 0.3) is 0 Å². The molecule has 8 nitrogen and oxygen atoms in total. The molecule has 132 valence electrons. The van der Waals surface area contributed by atoms with Gasteiger partial charge in [0.1, 0.15) is 0 Å². The summed E-state index contributed by atoms with van der Waals surface area (Å²) >= 11 is 0. The molecule has 0 spiro atoms. The Bertz CT molecular complexity index is 586. The molecule has 0 aliphatic carbocycles. The van der Waals surface area contributed by atoms with Gasteiger partial charge in [-0.15, -0.1) is 0 Å². The van der Waals surface area contributed by atoms with Crippen molar-refractivity contribution in [2.24, 2.45) is 0 Å². The molecule has 0 unspecified atom stereocenters. The van der Waals surface area contributed by atoms with E-state index < -0.39 is 5.97 Å². The maximum Gasteiger partial charge on any atom is 0.337 e. The van der Waals surface area contributed by atoms with Crippen LogP contribution in [0.2, 0.25) is 0 Å². The van der Waals surface area contributed by atoms with Crippen molar-refractivity contribution >= 4 is 17.8 Å². The number of benzene rings is 1. The second-order valence-corrected chi connectivity index (χ2v) is 4.68. The molecule has 1 aromatic rings. The monoisotopic (exact) mass is 339 g/mol. The Balaban J connectivity index is 2.47. The number of nitrogens with one attached hydrogen (secondary N) is 1. The third-order valence-corrected chi connectivity index (χ3v) is 3.05. The summed E-state index contributed by atoms with van der Waals surface area (Å²) in [5.74, 6) is -0.510. The van der Waals surface area contributed by atoms with Gasteiger partial charge in [0.25, 0.3) is 5.91 Å². The van der Waals surface area contributed by atoms with Gasteiger partial charge in [-0.3, -0.25) is 9.59 Å². The highest BCUT2D eigenvalue weighted by Gasteiger charge is 2.12. The molecule has 0 saturated heterocycles. The van der Waals surface area contributed by atoms with Crippen LogP contribution in [0, 0.1) is 0 Å². The Morgan fingerprint density at radius 1 is 1.04 bits per heavy atom. The van der Waals surface area contributed by atoms with Crippen LogP contribution in [-0.4, -0.2) is 52.3 Å². The highest BCUT2D eigenvalue weighted by atomic mass is 16.5. The van der Waals surface area contributed by atoms with Crippen LogP contribution >= 0.6 is 0 Å². The first kappa shape index (κ1) is 19.3. The smallest absolute Gasteiger partial charge is 0.337 e. The Morgan fingerprint density at radius 3 is 2.42 bits per heavy atom. The van der Waals surface area contributed by atoms with Gasteiger partial charge in [0.2, 0.25) is 0 Å². The molecule has 0 radical (unpaired) electrons. The lowest BCUT2D eigenvalue weighted by atomic mass is 10.2. The predicted octanol–water partition coefficient (Wildman–Crippen LogP) is 0.930. The number of methoxy groups -OCH3 is 3. The van der Waals surface area contributed by atoms with Crippen LogP contribution in [0.15, 0.2) is 18.2 Å². The van der Waals surface area contributed by atoms with E-state index >= 15 is 0 Å². The maximum absolute atomic E-state index is 11.7. The third-order valence-electron chi connectivity index (χ3n) is 3.05. The highest BCUT2D eigenvalue weighted by molar-refractivity contribution is 5.90. The van der Waals surface area contributed by atoms with E-state index in [0.717, 1.165) is 0 Å². The van der Waals surface area contributed by atoms with E-state index in [1.165, 1.54) is 39.5 Å². The molecule has 0 atom stereocenters. The van der Waals surface area contributed by atoms with Gasteiger partial charge >= 0.3 is 11.9 Å². The SMILES string of the molecule is COC(=O)CCCNC(=O)COc1ccc(C(=O)OC)cc1OC. The van der Waals surface area contributed by atoms with E-state index in [9.17, 15) is 14.4 Å². The number of amides is 1. The summed E-state index contributed by atoms with van der Waals surface area (Å²) in [7, 11) is 4.02. The molecule has 8 heteroatoms. The molecule has 0 aliphatic heterocycles. The topological polar surface area (TPSA) is 100 Å². The fourth-order valence-corrected chi connectivity index (χ4v) is 1.79. The highest BCUT2D eigenvalue weighted by Crippen LogP contribution is 2.28. The lowest BCUT2D eigenvalue weighted by Gasteiger charge is -2.11. The van der Waals surface area contributed by atoms with Gasteiger partial charge in [-0.2, -0.15) is 0 Å². The summed E-state index contributed by atoms with van der Waals surface area (Å²) in [6, 6.07) is 4.50. The van der Waals surface area contributed by atoms with E-state index in [0.29, 0.717) is 30.0 Å². The normalized spacial score (nSPS) is 9.79. The number of esters is 2. The summed E-state index contributed by atoms with van der Waals surface area (Å²) in [6.45, 7) is 0.127. The van der Waals surface area contributed by atoms with Crippen LogP contribution in [0.4, 0.5) is 0 Å². The summed E-state index contributed by atoms with van der Waals surface area (Å²) in [5, 5.41) is 2.62. The molecule has 0 aliphatic rings. The standard InChI is InChI=1S/C16H21NO7/c1-21-13-9-11(16(20)23-3)6-7-12(13)24-10-14(18)17-8-4-5-15(19)22-2/h6-7,9H,4-5,8,10H2,1-3H3,(H,17,18). The summed E-state index contributed by atoms with van der Waals surface area (Å²) < 4.78 is 19.6. The molecule has 0 fully saturated rings. The van der Waals surface area contributed by atoms with Crippen molar-refractivity contribution in [1.29, 1.82) is 0 Å². The van der Waals surface area contributed by atoms with Crippen molar-refractivity contribution in [3.63, 3.8) is 0 Å². The Kier molecular flexibility index (Phi) is 8.10. The largest absolute Gasteiger partial charge is 0.493 e. The van der Waals surface area contributed by atoms with Crippen LogP contribution < -0.4 is 14.8 Å². The first-order chi connectivity index (χ1) is 11.5. The first-order valence-electron chi connectivity index (χ1n) is 7.24. The quantitative estimate of drug-likeness (QED) is 0.527. The number of hydrogen-bond donors (Lipinski definition) is 1. The second kappa shape index (κ2) is 10.1. The van der Waals surface area contributed by atoms with Gasteiger partial charge in [-0.1, -0.05) is 0 Å². The summed E-state index contributed by atoms with van der Waals surface area (Å²) in [4.78, 5) is 34.1. The van der Waals surface area contributed by atoms with Crippen LogP contribution in [0.5, 0.6) is 11.5 Å². The molecule has 0 saturated carbocycles. The number of carbonyl (C=O) groups is 3. The van der Waals surface area contributed by atoms with Crippen molar-refractivity contribution in [2.45, 2.75) is 12.8 Å². The van der Waals surface area contributed by atoms with Crippen molar-refractivity contribution in [2.75, 3.05) is 34.5 Å². The van der Waals surface area contributed by atoms with E-state index in [2.05, 4.69) is 14.8 Å². The molecule has 0 aromatic heterocycles. The molecule has 0 bridgehead atoms.